The summed E-state index contributed by atoms with van der Waals surface area (Å²) in [5.74, 6) is 0.952. The maximum Gasteiger partial charge on any atom is 0.223 e. The molecule has 158 valence electrons. The number of likely N-dealkylation sites (tertiary alicyclic amines) is 2. The second-order valence-corrected chi connectivity index (χ2v) is 10.7. The summed E-state index contributed by atoms with van der Waals surface area (Å²) in [7, 11) is 0. The van der Waals surface area contributed by atoms with Crippen molar-refractivity contribution >= 4 is 11.8 Å². The van der Waals surface area contributed by atoms with E-state index in [1.807, 2.05) is 0 Å². The fraction of sp³-hybridized carbons (Fsp3) is 0.680. The van der Waals surface area contributed by atoms with Gasteiger partial charge in [0.15, 0.2) is 0 Å². The van der Waals surface area contributed by atoms with Gasteiger partial charge in [0.05, 0.1) is 0 Å². The summed E-state index contributed by atoms with van der Waals surface area (Å²) in [6, 6.07) is 8.78. The number of carbonyl (C=O) groups excluding carboxylic acids is 2. The van der Waals surface area contributed by atoms with E-state index in [9.17, 15) is 9.59 Å². The Hall–Kier alpha value is -1.84. The smallest absolute Gasteiger partial charge is 0.223 e. The van der Waals surface area contributed by atoms with E-state index in [1.165, 1.54) is 11.1 Å². The maximum atomic E-state index is 12.8. The molecule has 3 aliphatic rings. The van der Waals surface area contributed by atoms with Crippen molar-refractivity contribution < 1.29 is 9.59 Å². The number of fused-ring (bicyclic) bond motifs is 2. The minimum Gasteiger partial charge on any atom is -0.343 e. The first-order valence-electron chi connectivity index (χ1n) is 11.4. The number of hydrogen-bond acceptors (Lipinski definition) is 2. The molecule has 4 nitrogen and oxygen atoms in total. The Kier molecular flexibility index (Phi) is 5.48. The number of carbonyl (C=O) groups is 2. The second-order valence-electron chi connectivity index (χ2n) is 10.7. The maximum absolute atomic E-state index is 12.8. The van der Waals surface area contributed by atoms with Crippen LogP contribution < -0.4 is 0 Å². The topological polar surface area (TPSA) is 40.6 Å². The van der Waals surface area contributed by atoms with Crippen LogP contribution in [0.25, 0.3) is 0 Å². The molecule has 1 aromatic rings. The number of amides is 2. The minimum absolute atomic E-state index is 0.0349. The van der Waals surface area contributed by atoms with Crippen molar-refractivity contribution in [1.29, 1.82) is 0 Å². The van der Waals surface area contributed by atoms with Crippen LogP contribution in [0.4, 0.5) is 0 Å². The third kappa shape index (κ3) is 4.22. The highest BCUT2D eigenvalue weighted by molar-refractivity contribution is 5.78. The number of benzene rings is 1. The normalized spacial score (nSPS) is 23.5. The molecular weight excluding hydrogens is 360 g/mol. The van der Waals surface area contributed by atoms with Crippen molar-refractivity contribution in [2.75, 3.05) is 26.2 Å². The van der Waals surface area contributed by atoms with E-state index in [0.717, 1.165) is 58.3 Å². The fourth-order valence-corrected chi connectivity index (χ4v) is 5.74. The lowest BCUT2D eigenvalue weighted by Gasteiger charge is -2.41. The molecule has 2 saturated heterocycles. The Labute approximate surface area is 175 Å². The Morgan fingerprint density at radius 2 is 1.59 bits per heavy atom. The quantitative estimate of drug-likeness (QED) is 0.756. The van der Waals surface area contributed by atoms with Crippen LogP contribution in [0.5, 0.6) is 0 Å². The van der Waals surface area contributed by atoms with Gasteiger partial charge in [-0.15, -0.1) is 0 Å². The van der Waals surface area contributed by atoms with Crippen LogP contribution in [0.3, 0.4) is 0 Å². The molecule has 2 amide bonds. The van der Waals surface area contributed by atoms with Gasteiger partial charge in [0.1, 0.15) is 0 Å². The number of nitrogens with zero attached hydrogens (tertiary/aromatic N) is 2. The van der Waals surface area contributed by atoms with E-state index in [0.29, 0.717) is 30.6 Å². The number of piperidine rings is 1. The van der Waals surface area contributed by atoms with Gasteiger partial charge in [-0.05, 0) is 60.0 Å². The van der Waals surface area contributed by atoms with Crippen molar-refractivity contribution in [2.45, 2.75) is 77.0 Å². The first-order chi connectivity index (χ1) is 13.8. The van der Waals surface area contributed by atoms with Gasteiger partial charge in [-0.1, -0.05) is 45.0 Å². The van der Waals surface area contributed by atoms with E-state index in [4.69, 9.17) is 0 Å². The van der Waals surface area contributed by atoms with Crippen LogP contribution in [0.2, 0.25) is 0 Å². The third-order valence-corrected chi connectivity index (χ3v) is 7.24. The molecule has 2 aliphatic heterocycles. The van der Waals surface area contributed by atoms with Crippen LogP contribution in [0, 0.1) is 5.41 Å². The monoisotopic (exact) mass is 396 g/mol. The molecule has 0 aromatic heterocycles. The van der Waals surface area contributed by atoms with Crippen LogP contribution >= 0.6 is 0 Å². The van der Waals surface area contributed by atoms with Gasteiger partial charge in [-0.3, -0.25) is 9.59 Å². The molecule has 0 radical (unpaired) electrons. The molecule has 0 bridgehead atoms. The van der Waals surface area contributed by atoms with Crippen LogP contribution in [-0.4, -0.2) is 47.8 Å². The molecule has 1 spiro atoms. The average Bonchev–Trinajstić information content (AvgIpc) is 3.30. The summed E-state index contributed by atoms with van der Waals surface area (Å²) in [6.45, 7) is 9.95. The summed E-state index contributed by atoms with van der Waals surface area (Å²) in [5, 5.41) is 0. The molecule has 0 saturated carbocycles. The Balaban J connectivity index is 1.46. The zero-order valence-corrected chi connectivity index (χ0v) is 18.4. The van der Waals surface area contributed by atoms with Crippen molar-refractivity contribution in [3.8, 4) is 0 Å². The van der Waals surface area contributed by atoms with E-state index < -0.39 is 0 Å². The molecule has 1 aliphatic carbocycles. The largest absolute Gasteiger partial charge is 0.343 e. The fourth-order valence-electron chi connectivity index (χ4n) is 5.74. The molecule has 29 heavy (non-hydrogen) atoms. The summed E-state index contributed by atoms with van der Waals surface area (Å²) >= 11 is 0. The number of rotatable bonds is 3. The van der Waals surface area contributed by atoms with Crippen LogP contribution in [-0.2, 0) is 15.0 Å². The molecule has 4 heteroatoms. The Bertz CT molecular complexity index is 765. The molecule has 1 aromatic carbocycles. The van der Waals surface area contributed by atoms with E-state index in [1.54, 1.807) is 0 Å². The van der Waals surface area contributed by atoms with E-state index in [2.05, 4.69) is 54.8 Å². The average molecular weight is 397 g/mol. The first-order valence-corrected chi connectivity index (χ1v) is 11.4. The summed E-state index contributed by atoms with van der Waals surface area (Å²) in [5.41, 5.74) is 3.01. The van der Waals surface area contributed by atoms with Gasteiger partial charge < -0.3 is 9.80 Å². The third-order valence-electron chi connectivity index (χ3n) is 7.24. The molecule has 1 atom stereocenters. The summed E-state index contributed by atoms with van der Waals surface area (Å²) in [6.07, 6.45) is 6.66. The van der Waals surface area contributed by atoms with E-state index >= 15 is 0 Å². The summed E-state index contributed by atoms with van der Waals surface area (Å²) in [4.78, 5) is 29.7. The molecule has 1 unspecified atom stereocenters. The van der Waals surface area contributed by atoms with Gasteiger partial charge in [0.2, 0.25) is 11.8 Å². The molecule has 4 rings (SSSR count). The highest BCUT2D eigenvalue weighted by Gasteiger charge is 2.46. The SMILES string of the molecule is CC(C)(C)CC(=O)N1CCC2(CC1)CC(CC(=O)N1CCCC1)c1ccccc12. The van der Waals surface area contributed by atoms with Crippen molar-refractivity contribution in [1.82, 2.24) is 9.80 Å². The molecule has 2 heterocycles. The minimum atomic E-state index is 0.0349. The molecular formula is C25H36N2O2. The molecule has 0 N–H and O–H groups in total. The zero-order chi connectivity index (χ0) is 20.6. The van der Waals surface area contributed by atoms with Crippen LogP contribution in [0.1, 0.15) is 82.8 Å². The lowest BCUT2D eigenvalue weighted by atomic mass is 9.73. The lowest BCUT2D eigenvalue weighted by molar-refractivity contribution is -0.134. The first kappa shape index (κ1) is 20.4. The summed E-state index contributed by atoms with van der Waals surface area (Å²) < 4.78 is 0. The standard InChI is InChI=1S/C25H36N2O2/c1-24(2,3)18-23(29)27-14-10-25(11-15-27)17-19(20-8-4-5-9-21(20)25)16-22(28)26-12-6-7-13-26/h4-5,8-9,19H,6-7,10-18H2,1-3H3. The van der Waals surface area contributed by atoms with Crippen molar-refractivity contribution in [3.05, 3.63) is 35.4 Å². The molecule has 2 fully saturated rings. The van der Waals surface area contributed by atoms with Gasteiger partial charge in [0, 0.05) is 39.0 Å². The predicted octanol–water partition coefficient (Wildman–Crippen LogP) is 4.48. The van der Waals surface area contributed by atoms with E-state index in [-0.39, 0.29) is 10.8 Å². The van der Waals surface area contributed by atoms with Crippen LogP contribution in [0.15, 0.2) is 24.3 Å². The van der Waals surface area contributed by atoms with Crippen molar-refractivity contribution in [3.63, 3.8) is 0 Å². The van der Waals surface area contributed by atoms with Gasteiger partial charge in [-0.25, -0.2) is 0 Å². The Morgan fingerprint density at radius 3 is 2.24 bits per heavy atom. The van der Waals surface area contributed by atoms with Gasteiger partial charge in [-0.2, -0.15) is 0 Å². The van der Waals surface area contributed by atoms with Gasteiger partial charge >= 0.3 is 0 Å². The Morgan fingerprint density at radius 1 is 0.966 bits per heavy atom. The number of hydrogen-bond donors (Lipinski definition) is 0. The second kappa shape index (κ2) is 7.77. The van der Waals surface area contributed by atoms with Gasteiger partial charge in [0.25, 0.3) is 0 Å². The highest BCUT2D eigenvalue weighted by atomic mass is 16.2. The highest BCUT2D eigenvalue weighted by Crippen LogP contribution is 2.52. The predicted molar refractivity (Wildman–Crippen MR) is 116 cm³/mol. The lowest BCUT2D eigenvalue weighted by Crippen LogP contribution is -2.45. The van der Waals surface area contributed by atoms with Crippen molar-refractivity contribution in [2.24, 2.45) is 5.41 Å². The zero-order valence-electron chi connectivity index (χ0n) is 18.4.